The van der Waals surface area contributed by atoms with Crippen molar-refractivity contribution in [2.45, 2.75) is 12.6 Å². The van der Waals surface area contributed by atoms with E-state index < -0.39 is 11.7 Å². The summed E-state index contributed by atoms with van der Waals surface area (Å²) in [5, 5.41) is 3.95. The van der Waals surface area contributed by atoms with Crippen molar-refractivity contribution >= 4 is 40.0 Å². The Balaban J connectivity index is 2.05. The first-order chi connectivity index (χ1) is 10.5. The molecule has 0 bridgehead atoms. The van der Waals surface area contributed by atoms with E-state index in [1.165, 1.54) is 12.3 Å². The van der Waals surface area contributed by atoms with Crippen LogP contribution in [-0.2, 0) is 6.18 Å². The summed E-state index contributed by atoms with van der Waals surface area (Å²) in [6.07, 6.45) is -1.86. The Hall–Kier alpha value is -1.14. The minimum absolute atomic E-state index is 0.344. The molecule has 1 aromatic heterocycles. The number of anilines is 1. The maximum Gasteiger partial charge on any atom is 0.416 e. The van der Waals surface area contributed by atoms with Crippen molar-refractivity contribution < 1.29 is 13.2 Å². The highest BCUT2D eigenvalue weighted by molar-refractivity contribution is 7.99. The quantitative estimate of drug-likeness (QED) is 0.561. The first kappa shape index (κ1) is 17.2. The lowest BCUT2D eigenvalue weighted by molar-refractivity contribution is -0.137. The summed E-state index contributed by atoms with van der Waals surface area (Å²) in [6.45, 7) is 0.759. The molecule has 1 aromatic carbocycles. The van der Waals surface area contributed by atoms with Gasteiger partial charge in [0.05, 0.1) is 11.1 Å². The highest BCUT2D eigenvalue weighted by atomic mass is 35.5. The third kappa shape index (κ3) is 4.68. The molecular formula is C15H16ClF3N2S. The fraction of sp³-hybridized carbons (Fsp3) is 0.400. The molecular weight excluding hydrogens is 333 g/mol. The van der Waals surface area contributed by atoms with Crippen LogP contribution in [0.2, 0.25) is 0 Å². The highest BCUT2D eigenvalue weighted by Crippen LogP contribution is 2.32. The molecule has 1 N–H and O–H groups in total. The molecule has 0 aliphatic carbocycles. The molecule has 22 heavy (non-hydrogen) atoms. The summed E-state index contributed by atoms with van der Waals surface area (Å²) >= 11 is 7.38. The molecule has 0 spiro atoms. The van der Waals surface area contributed by atoms with E-state index in [9.17, 15) is 13.2 Å². The fourth-order valence-corrected chi connectivity index (χ4v) is 3.02. The van der Waals surface area contributed by atoms with Gasteiger partial charge in [-0.05, 0) is 30.4 Å². The van der Waals surface area contributed by atoms with Crippen molar-refractivity contribution in [2.24, 2.45) is 0 Å². The Morgan fingerprint density at radius 3 is 2.73 bits per heavy atom. The lowest BCUT2D eigenvalue weighted by Gasteiger charge is -2.11. The second-order valence-electron chi connectivity index (χ2n) is 4.67. The number of nitrogens with zero attached hydrogens (tertiary/aromatic N) is 1. The van der Waals surface area contributed by atoms with Crippen LogP contribution in [0.5, 0.6) is 0 Å². The number of pyridine rings is 1. The molecule has 0 saturated carbocycles. The van der Waals surface area contributed by atoms with Crippen LogP contribution in [0.25, 0.3) is 10.9 Å². The highest BCUT2D eigenvalue weighted by Gasteiger charge is 2.30. The first-order valence-electron chi connectivity index (χ1n) is 6.86. The number of alkyl halides is 4. The minimum atomic E-state index is -4.35. The van der Waals surface area contributed by atoms with Crippen LogP contribution in [0.1, 0.15) is 12.0 Å². The fourth-order valence-electron chi connectivity index (χ4n) is 2.03. The van der Waals surface area contributed by atoms with E-state index in [-0.39, 0.29) is 0 Å². The molecule has 0 amide bonds. The van der Waals surface area contributed by atoms with E-state index in [0.29, 0.717) is 16.8 Å². The molecule has 0 atom stereocenters. The number of hydrogen-bond acceptors (Lipinski definition) is 3. The lowest BCUT2D eigenvalue weighted by Crippen LogP contribution is -2.06. The number of fused-ring (bicyclic) bond motifs is 1. The number of benzene rings is 1. The van der Waals surface area contributed by atoms with Gasteiger partial charge in [-0.25, -0.2) is 0 Å². The predicted molar refractivity (Wildman–Crippen MR) is 87.9 cm³/mol. The molecule has 0 aliphatic heterocycles. The van der Waals surface area contributed by atoms with Crippen LogP contribution in [0, 0.1) is 0 Å². The number of hydrogen-bond donors (Lipinski definition) is 1. The summed E-state index contributed by atoms with van der Waals surface area (Å²) in [7, 11) is 0. The van der Waals surface area contributed by atoms with E-state index in [1.807, 2.05) is 0 Å². The van der Waals surface area contributed by atoms with Crippen LogP contribution in [0.3, 0.4) is 0 Å². The summed E-state index contributed by atoms with van der Waals surface area (Å²) in [5.74, 6) is 2.58. The van der Waals surface area contributed by atoms with Crippen molar-refractivity contribution in [1.82, 2.24) is 4.98 Å². The monoisotopic (exact) mass is 348 g/mol. The average Bonchev–Trinajstić information content (AvgIpc) is 2.49. The van der Waals surface area contributed by atoms with Gasteiger partial charge in [0, 0.05) is 35.4 Å². The van der Waals surface area contributed by atoms with Gasteiger partial charge in [0.2, 0.25) is 0 Å². The van der Waals surface area contributed by atoms with E-state index >= 15 is 0 Å². The number of rotatable bonds is 7. The Morgan fingerprint density at radius 1 is 1.18 bits per heavy atom. The van der Waals surface area contributed by atoms with Gasteiger partial charge >= 0.3 is 6.18 Å². The van der Waals surface area contributed by atoms with Crippen molar-refractivity contribution in [2.75, 3.05) is 29.2 Å². The number of nitrogens with one attached hydrogen (secondary N) is 1. The van der Waals surface area contributed by atoms with Crippen LogP contribution < -0.4 is 5.32 Å². The average molecular weight is 349 g/mol. The third-order valence-electron chi connectivity index (χ3n) is 3.07. The van der Waals surface area contributed by atoms with Gasteiger partial charge < -0.3 is 5.32 Å². The Morgan fingerprint density at radius 2 is 2.00 bits per heavy atom. The zero-order valence-electron chi connectivity index (χ0n) is 11.8. The number of thioether (sulfide) groups is 1. The Labute approximate surface area is 136 Å². The smallest absolute Gasteiger partial charge is 0.384 e. The molecule has 2 rings (SSSR count). The molecule has 120 valence electrons. The maximum absolute atomic E-state index is 12.7. The van der Waals surface area contributed by atoms with Crippen molar-refractivity contribution in [3.05, 3.63) is 36.0 Å². The predicted octanol–water partition coefficient (Wildman–Crippen LogP) is 5.03. The summed E-state index contributed by atoms with van der Waals surface area (Å²) in [4.78, 5) is 4.03. The first-order valence-corrected chi connectivity index (χ1v) is 8.55. The molecule has 1 heterocycles. The largest absolute Gasteiger partial charge is 0.416 e. The van der Waals surface area contributed by atoms with Gasteiger partial charge in [0.25, 0.3) is 0 Å². The number of aromatic nitrogens is 1. The zero-order chi connectivity index (χ0) is 16.0. The van der Waals surface area contributed by atoms with Crippen LogP contribution in [0.4, 0.5) is 18.9 Å². The number of halogens is 4. The zero-order valence-corrected chi connectivity index (χ0v) is 13.4. The molecule has 0 aliphatic rings. The molecule has 0 radical (unpaired) electrons. The van der Waals surface area contributed by atoms with Crippen LogP contribution >= 0.6 is 23.4 Å². The van der Waals surface area contributed by atoms with Gasteiger partial charge in [-0.3, -0.25) is 4.98 Å². The summed E-state index contributed by atoms with van der Waals surface area (Å²) in [5.41, 5.74) is 0.472. The lowest BCUT2D eigenvalue weighted by atomic mass is 10.1. The van der Waals surface area contributed by atoms with E-state index in [0.717, 1.165) is 42.3 Å². The Kier molecular flexibility index (Phi) is 6.20. The standard InChI is InChI=1S/C15H16ClF3N2S/c16-5-9-22-8-1-6-20-13-4-7-21-14-10-11(15(17,18)19)2-3-12(13)14/h2-4,7,10H,1,5-6,8-9H2,(H,20,21). The SMILES string of the molecule is FC(F)(F)c1ccc2c(NCCCSCCCl)ccnc2c1. The molecule has 0 unspecified atom stereocenters. The van der Waals surface area contributed by atoms with Gasteiger partial charge in [0.15, 0.2) is 0 Å². The van der Waals surface area contributed by atoms with Gasteiger partial charge in [0.1, 0.15) is 0 Å². The molecule has 2 nitrogen and oxygen atoms in total. The third-order valence-corrected chi connectivity index (χ3v) is 4.56. The molecule has 2 aromatic rings. The minimum Gasteiger partial charge on any atom is -0.384 e. The maximum atomic E-state index is 12.7. The van der Waals surface area contributed by atoms with E-state index in [4.69, 9.17) is 11.6 Å². The van der Waals surface area contributed by atoms with Crippen molar-refractivity contribution in [3.63, 3.8) is 0 Å². The summed E-state index contributed by atoms with van der Waals surface area (Å²) < 4.78 is 38.1. The van der Waals surface area contributed by atoms with Crippen molar-refractivity contribution in [3.8, 4) is 0 Å². The topological polar surface area (TPSA) is 24.9 Å². The van der Waals surface area contributed by atoms with Crippen LogP contribution in [0.15, 0.2) is 30.5 Å². The van der Waals surface area contributed by atoms with E-state index in [1.54, 1.807) is 17.8 Å². The van der Waals surface area contributed by atoms with Gasteiger partial charge in [-0.1, -0.05) is 6.07 Å². The Bertz CT molecular complexity index is 619. The normalized spacial score (nSPS) is 11.8. The molecule has 0 saturated heterocycles. The molecule has 0 fully saturated rings. The van der Waals surface area contributed by atoms with Gasteiger partial charge in [-0.2, -0.15) is 24.9 Å². The van der Waals surface area contributed by atoms with Gasteiger partial charge in [-0.15, -0.1) is 11.6 Å². The second kappa shape index (κ2) is 7.92. The summed E-state index contributed by atoms with van der Waals surface area (Å²) in [6, 6.07) is 5.42. The molecule has 7 heteroatoms. The second-order valence-corrected chi connectivity index (χ2v) is 6.27. The van der Waals surface area contributed by atoms with E-state index in [2.05, 4.69) is 10.3 Å². The van der Waals surface area contributed by atoms with Crippen molar-refractivity contribution in [1.29, 1.82) is 0 Å². The van der Waals surface area contributed by atoms with Crippen LogP contribution in [-0.4, -0.2) is 28.9 Å².